The second-order valence-corrected chi connectivity index (χ2v) is 12.5. The van der Waals surface area contributed by atoms with E-state index in [2.05, 4.69) is 25.4 Å². The summed E-state index contributed by atoms with van der Waals surface area (Å²) in [5, 5.41) is 55.9. The van der Waals surface area contributed by atoms with Gasteiger partial charge in [0.2, 0.25) is 0 Å². The first kappa shape index (κ1) is 29.8. The Morgan fingerprint density at radius 2 is 1.80 bits per heavy atom. The minimum Gasteiger partial charge on any atom is -0.394 e. The summed E-state index contributed by atoms with van der Waals surface area (Å²) in [5.41, 5.74) is 1.53. The molecule has 4 N–H and O–H groups in total. The van der Waals surface area contributed by atoms with Gasteiger partial charge in [-0.15, -0.1) is 16.4 Å². The molecule has 5 aromatic rings. The molecule has 2 fully saturated rings. The average molecular weight is 641 g/mol. The molecule has 0 radical (unpaired) electrons. The van der Waals surface area contributed by atoms with E-state index in [1.807, 2.05) is 25.1 Å². The lowest BCUT2D eigenvalue weighted by Gasteiger charge is -2.41. The molecule has 2 aliphatic heterocycles. The van der Waals surface area contributed by atoms with Crippen molar-refractivity contribution in [1.82, 2.24) is 34.7 Å². The predicted octanol–water partition coefficient (Wildman–Crippen LogP) is 2.08. The van der Waals surface area contributed by atoms with Gasteiger partial charge in [0.1, 0.15) is 59.8 Å². The van der Waals surface area contributed by atoms with Crippen molar-refractivity contribution in [3.63, 3.8) is 0 Å². The van der Waals surface area contributed by atoms with Crippen LogP contribution in [0.25, 0.3) is 27.2 Å². The smallest absolute Gasteiger partial charge is 0.163 e. The summed E-state index contributed by atoms with van der Waals surface area (Å²) < 4.78 is 40.0. The molecule has 2 saturated heterocycles. The van der Waals surface area contributed by atoms with Crippen LogP contribution in [0.15, 0.2) is 42.9 Å². The van der Waals surface area contributed by atoms with Crippen LogP contribution < -0.4 is 4.90 Å². The van der Waals surface area contributed by atoms with Crippen LogP contribution in [0.3, 0.4) is 0 Å². The third-order valence-corrected chi connectivity index (χ3v) is 9.29. The Morgan fingerprint density at radius 3 is 2.53 bits per heavy atom. The van der Waals surface area contributed by atoms with Crippen molar-refractivity contribution in [2.75, 3.05) is 24.6 Å². The van der Waals surface area contributed by atoms with Gasteiger partial charge in [0.25, 0.3) is 0 Å². The molecule has 7 rings (SSSR count). The third-order valence-electron chi connectivity index (χ3n) is 8.35. The van der Waals surface area contributed by atoms with Crippen LogP contribution in [0.1, 0.15) is 35.8 Å². The van der Waals surface area contributed by atoms with Crippen molar-refractivity contribution in [2.24, 2.45) is 0 Å². The standard InChI is InChI=1S/C29H30F2N8O5S/c1-14-34-20-3-2-16(10-23(20)45-14)39-29(32-13-33-39)28-27(43)25(26(42)22(12-40)44-28)38-11-21(35-36-38)15-8-18(30)24(19(31)9-15)37-6-4-17(41)5-7-37/h2-3,8-11,13,17,22,25-28,40-43H,4-7,12H2,1H3/t22-,25+,26+,27-,28-/m1/s1. The number of ether oxygens (including phenoxy) is 1. The largest absolute Gasteiger partial charge is 0.394 e. The maximum absolute atomic E-state index is 15.2. The Kier molecular flexibility index (Phi) is 7.79. The molecule has 0 unspecified atom stereocenters. The Morgan fingerprint density at radius 1 is 1.04 bits per heavy atom. The summed E-state index contributed by atoms with van der Waals surface area (Å²) in [6.45, 7) is 1.99. The molecule has 0 aliphatic carbocycles. The Labute approximate surface area is 259 Å². The van der Waals surface area contributed by atoms with Gasteiger partial charge in [0.15, 0.2) is 5.82 Å². The maximum atomic E-state index is 15.2. The van der Waals surface area contributed by atoms with E-state index in [1.54, 1.807) is 4.90 Å². The molecule has 2 aliphatic rings. The zero-order valence-corrected chi connectivity index (χ0v) is 24.8. The predicted molar refractivity (Wildman–Crippen MR) is 158 cm³/mol. The summed E-state index contributed by atoms with van der Waals surface area (Å²) in [7, 11) is 0. The normalized spacial score (nSPS) is 24.5. The summed E-state index contributed by atoms with van der Waals surface area (Å²) in [6.07, 6.45) is -2.13. The number of aryl methyl sites for hydroxylation is 1. The highest BCUT2D eigenvalue weighted by atomic mass is 32.1. The summed E-state index contributed by atoms with van der Waals surface area (Å²) in [4.78, 5) is 10.4. The molecule has 5 heterocycles. The van der Waals surface area contributed by atoms with Crippen LogP contribution in [0.2, 0.25) is 0 Å². The number of fused-ring (bicyclic) bond motifs is 1. The van der Waals surface area contributed by atoms with Crippen LogP contribution in [0, 0.1) is 18.6 Å². The number of aliphatic hydroxyl groups excluding tert-OH is 4. The number of nitrogens with zero attached hydrogens (tertiary/aromatic N) is 8. The van der Waals surface area contributed by atoms with E-state index in [0.717, 1.165) is 27.4 Å². The fourth-order valence-electron chi connectivity index (χ4n) is 6.09. The molecule has 0 amide bonds. The summed E-state index contributed by atoms with van der Waals surface area (Å²) in [5.74, 6) is -1.34. The highest BCUT2D eigenvalue weighted by Crippen LogP contribution is 2.39. The summed E-state index contributed by atoms with van der Waals surface area (Å²) >= 11 is 1.52. The van der Waals surface area contributed by atoms with E-state index in [0.29, 0.717) is 31.6 Å². The van der Waals surface area contributed by atoms with Crippen molar-refractivity contribution >= 4 is 27.2 Å². The SMILES string of the molecule is Cc1nc2ccc(-n3ncnc3[C@@H]3O[C@H](CO)[C@H](O)[C@H](n4cc(-c5cc(F)c(N6CCC(O)CC6)c(F)c5)nn4)[C@H]3O)cc2s1. The van der Waals surface area contributed by atoms with Gasteiger partial charge in [-0.05, 0) is 50.1 Å². The van der Waals surface area contributed by atoms with Crippen LogP contribution in [0.5, 0.6) is 0 Å². The molecule has 5 atom stereocenters. The molecule has 13 nitrogen and oxygen atoms in total. The van der Waals surface area contributed by atoms with Crippen molar-refractivity contribution in [2.45, 2.75) is 56.3 Å². The van der Waals surface area contributed by atoms with Crippen LogP contribution in [0.4, 0.5) is 14.5 Å². The minimum absolute atomic E-state index is 0.104. The number of benzene rings is 2. The molecule has 2 aromatic carbocycles. The topological polar surface area (TPSA) is 168 Å². The van der Waals surface area contributed by atoms with E-state index in [4.69, 9.17) is 4.74 Å². The van der Waals surface area contributed by atoms with Crippen LogP contribution >= 0.6 is 11.3 Å². The van der Waals surface area contributed by atoms with E-state index in [-0.39, 0.29) is 22.8 Å². The highest BCUT2D eigenvalue weighted by molar-refractivity contribution is 7.18. The molecular formula is C29H30F2N8O5S. The quantitative estimate of drug-likeness (QED) is 0.215. The Hall–Kier alpha value is -3.93. The highest BCUT2D eigenvalue weighted by Gasteiger charge is 2.48. The zero-order chi connectivity index (χ0) is 31.4. The van der Waals surface area contributed by atoms with E-state index in [9.17, 15) is 20.4 Å². The van der Waals surface area contributed by atoms with E-state index >= 15 is 8.78 Å². The Bertz CT molecular complexity index is 1820. The van der Waals surface area contributed by atoms with Gasteiger partial charge in [-0.3, -0.25) is 0 Å². The van der Waals surface area contributed by atoms with Gasteiger partial charge in [0, 0.05) is 18.7 Å². The molecular weight excluding hydrogens is 610 g/mol. The van der Waals surface area contributed by atoms with Gasteiger partial charge < -0.3 is 30.1 Å². The van der Waals surface area contributed by atoms with Crippen molar-refractivity contribution in [1.29, 1.82) is 0 Å². The number of thiazole rings is 1. The first-order valence-electron chi connectivity index (χ1n) is 14.5. The lowest BCUT2D eigenvalue weighted by atomic mass is 9.92. The first-order valence-corrected chi connectivity index (χ1v) is 15.3. The number of piperidine rings is 1. The monoisotopic (exact) mass is 640 g/mol. The van der Waals surface area contributed by atoms with Gasteiger partial charge in [-0.1, -0.05) is 5.21 Å². The number of aliphatic hydroxyl groups is 4. The zero-order valence-electron chi connectivity index (χ0n) is 24.0. The van der Waals surface area contributed by atoms with Crippen LogP contribution in [-0.2, 0) is 4.74 Å². The van der Waals surface area contributed by atoms with Crippen LogP contribution in [-0.4, -0.2) is 99.3 Å². The number of hydrogen-bond donors (Lipinski definition) is 4. The van der Waals surface area contributed by atoms with Crippen molar-refractivity contribution < 1.29 is 33.9 Å². The van der Waals surface area contributed by atoms with Gasteiger partial charge >= 0.3 is 0 Å². The molecule has 0 bridgehead atoms. The molecule has 0 spiro atoms. The number of aromatic nitrogens is 7. The third kappa shape index (κ3) is 5.36. The lowest BCUT2D eigenvalue weighted by molar-refractivity contribution is -0.210. The second kappa shape index (κ2) is 11.8. The van der Waals surface area contributed by atoms with Crippen molar-refractivity contribution in [3.05, 3.63) is 65.3 Å². The van der Waals surface area contributed by atoms with Crippen molar-refractivity contribution in [3.8, 4) is 16.9 Å². The van der Waals surface area contributed by atoms with Gasteiger partial charge in [0.05, 0.1) is 39.8 Å². The maximum Gasteiger partial charge on any atom is 0.163 e. The van der Waals surface area contributed by atoms with E-state index in [1.165, 1.54) is 33.2 Å². The Balaban J connectivity index is 1.19. The number of anilines is 1. The lowest BCUT2D eigenvalue weighted by Crippen LogP contribution is -2.53. The summed E-state index contributed by atoms with van der Waals surface area (Å²) in [6, 6.07) is 6.69. The second-order valence-electron chi connectivity index (χ2n) is 11.3. The first-order chi connectivity index (χ1) is 21.7. The fraction of sp³-hybridized carbons (Fsp3) is 0.414. The number of halogens is 2. The number of hydrogen-bond acceptors (Lipinski definition) is 12. The molecule has 3 aromatic heterocycles. The molecule has 0 saturated carbocycles. The fourth-order valence-corrected chi connectivity index (χ4v) is 6.95. The number of rotatable bonds is 6. The van der Waals surface area contributed by atoms with E-state index < -0.39 is 54.8 Å². The van der Waals surface area contributed by atoms with Gasteiger partial charge in [-0.2, -0.15) is 5.10 Å². The molecule has 16 heteroatoms. The molecule has 45 heavy (non-hydrogen) atoms. The average Bonchev–Trinajstić information content (AvgIpc) is 3.77. The molecule has 236 valence electrons. The minimum atomic E-state index is -1.44. The van der Waals surface area contributed by atoms with Gasteiger partial charge in [-0.25, -0.2) is 28.1 Å².